The second-order valence-electron chi connectivity index (χ2n) is 2.58. The molecule has 0 saturated carbocycles. The van der Waals surface area contributed by atoms with Crippen molar-refractivity contribution in [1.82, 2.24) is 9.97 Å². The van der Waals surface area contributed by atoms with E-state index in [0.717, 1.165) is 23.0 Å². The van der Waals surface area contributed by atoms with Crippen molar-refractivity contribution in [2.75, 3.05) is 18.5 Å². The summed E-state index contributed by atoms with van der Waals surface area (Å²) < 4.78 is 1.03. The van der Waals surface area contributed by atoms with E-state index in [-0.39, 0.29) is 6.61 Å². The molecule has 1 rings (SSSR count). The van der Waals surface area contributed by atoms with Crippen LogP contribution in [0.5, 0.6) is 0 Å². The third-order valence-corrected chi connectivity index (χ3v) is 2.05. The molecule has 5 heteroatoms. The van der Waals surface area contributed by atoms with Crippen LogP contribution in [0.3, 0.4) is 0 Å². The highest BCUT2D eigenvalue weighted by Crippen LogP contribution is 2.02. The molecule has 0 saturated heterocycles. The van der Waals surface area contributed by atoms with Gasteiger partial charge < -0.3 is 10.4 Å². The second-order valence-corrected chi connectivity index (χ2v) is 3.83. The van der Waals surface area contributed by atoms with Crippen LogP contribution in [0.2, 0.25) is 0 Å². The molecule has 72 valence electrons. The van der Waals surface area contributed by atoms with E-state index in [4.69, 9.17) is 5.11 Å². The van der Waals surface area contributed by atoms with Crippen molar-refractivity contribution in [2.24, 2.45) is 0 Å². The van der Waals surface area contributed by atoms with E-state index < -0.39 is 0 Å². The summed E-state index contributed by atoms with van der Waals surface area (Å²) in [5.74, 6) is 0.651. The fourth-order valence-electron chi connectivity index (χ4n) is 0.841. The van der Waals surface area contributed by atoms with Crippen molar-refractivity contribution in [3.63, 3.8) is 0 Å². The fourth-order valence-corrected chi connectivity index (χ4v) is 1.12. The maximum Gasteiger partial charge on any atom is 0.222 e. The number of nitrogens with one attached hydrogen (secondary N) is 1. The van der Waals surface area contributed by atoms with E-state index in [1.54, 1.807) is 12.4 Å². The van der Waals surface area contributed by atoms with Crippen LogP contribution in [0, 0.1) is 3.57 Å². The Labute approximate surface area is 90.9 Å². The van der Waals surface area contributed by atoms with Crippen LogP contribution in [0.4, 0.5) is 5.95 Å². The maximum absolute atomic E-state index is 8.54. The van der Waals surface area contributed by atoms with Crippen molar-refractivity contribution in [1.29, 1.82) is 0 Å². The number of anilines is 1. The molecule has 0 spiro atoms. The summed E-state index contributed by atoms with van der Waals surface area (Å²) in [6.07, 6.45) is 5.28. The highest BCUT2D eigenvalue weighted by Gasteiger charge is 1.93. The minimum atomic E-state index is 0.245. The van der Waals surface area contributed by atoms with E-state index in [1.165, 1.54) is 0 Å². The molecule has 0 unspecified atom stereocenters. The number of halogens is 1. The lowest BCUT2D eigenvalue weighted by molar-refractivity contribution is 0.286. The van der Waals surface area contributed by atoms with Crippen molar-refractivity contribution in [2.45, 2.75) is 12.8 Å². The number of hydrogen-bond acceptors (Lipinski definition) is 4. The quantitative estimate of drug-likeness (QED) is 0.634. The molecule has 0 aliphatic carbocycles. The number of aliphatic hydroxyl groups excluding tert-OH is 1. The monoisotopic (exact) mass is 293 g/mol. The zero-order valence-corrected chi connectivity index (χ0v) is 9.36. The predicted molar refractivity (Wildman–Crippen MR) is 59.6 cm³/mol. The second kappa shape index (κ2) is 6.09. The minimum absolute atomic E-state index is 0.245. The molecule has 4 nitrogen and oxygen atoms in total. The number of rotatable bonds is 5. The van der Waals surface area contributed by atoms with E-state index in [9.17, 15) is 0 Å². The number of nitrogens with zero attached hydrogens (tertiary/aromatic N) is 2. The number of hydrogen-bond donors (Lipinski definition) is 2. The van der Waals surface area contributed by atoms with Gasteiger partial charge in [0.15, 0.2) is 0 Å². The van der Waals surface area contributed by atoms with Gasteiger partial charge in [0.05, 0.1) is 0 Å². The standard InChI is InChI=1S/C8H12IN3O/c9-7-5-11-8(12-6-7)10-3-1-2-4-13/h5-6,13H,1-4H2,(H,10,11,12). The third-order valence-electron chi connectivity index (χ3n) is 1.49. The normalized spacial score (nSPS) is 10.0. The van der Waals surface area contributed by atoms with Crippen molar-refractivity contribution >= 4 is 28.5 Å². The summed E-state index contributed by atoms with van der Waals surface area (Å²) in [7, 11) is 0. The molecule has 1 aromatic rings. The first kappa shape index (κ1) is 10.6. The van der Waals surface area contributed by atoms with Crippen LogP contribution in [0.1, 0.15) is 12.8 Å². The summed E-state index contributed by atoms with van der Waals surface area (Å²) in [5.41, 5.74) is 0. The van der Waals surface area contributed by atoms with Gasteiger partial charge >= 0.3 is 0 Å². The largest absolute Gasteiger partial charge is 0.396 e. The van der Waals surface area contributed by atoms with Crippen molar-refractivity contribution < 1.29 is 5.11 Å². The number of aliphatic hydroxyl groups is 1. The van der Waals surface area contributed by atoms with E-state index in [1.807, 2.05) is 0 Å². The van der Waals surface area contributed by atoms with Gasteiger partial charge in [0.25, 0.3) is 0 Å². The smallest absolute Gasteiger partial charge is 0.222 e. The molecule has 2 N–H and O–H groups in total. The van der Waals surface area contributed by atoms with Gasteiger partial charge in [-0.05, 0) is 35.4 Å². The van der Waals surface area contributed by atoms with Crippen LogP contribution in [-0.4, -0.2) is 28.2 Å². The molecule has 0 aliphatic rings. The molecule has 0 aromatic carbocycles. The summed E-state index contributed by atoms with van der Waals surface area (Å²) >= 11 is 2.16. The molecule has 0 bridgehead atoms. The van der Waals surface area contributed by atoms with Crippen LogP contribution < -0.4 is 5.32 Å². The van der Waals surface area contributed by atoms with Gasteiger partial charge in [-0.15, -0.1) is 0 Å². The molecule has 1 aromatic heterocycles. The predicted octanol–water partition coefficient (Wildman–Crippen LogP) is 1.27. The highest BCUT2D eigenvalue weighted by atomic mass is 127. The summed E-state index contributed by atoms with van der Waals surface area (Å²) in [6, 6.07) is 0. The SMILES string of the molecule is OCCCCNc1ncc(I)cn1. The summed E-state index contributed by atoms with van der Waals surface area (Å²) in [6.45, 7) is 1.05. The van der Waals surface area contributed by atoms with E-state index >= 15 is 0 Å². The van der Waals surface area contributed by atoms with Crippen LogP contribution in [0.25, 0.3) is 0 Å². The summed E-state index contributed by atoms with van der Waals surface area (Å²) in [5, 5.41) is 11.6. The summed E-state index contributed by atoms with van der Waals surface area (Å²) in [4.78, 5) is 8.17. The van der Waals surface area contributed by atoms with Gasteiger partial charge in [-0.3, -0.25) is 0 Å². The lowest BCUT2D eigenvalue weighted by Crippen LogP contribution is -2.05. The molecule has 0 atom stereocenters. The lowest BCUT2D eigenvalue weighted by atomic mass is 10.3. The highest BCUT2D eigenvalue weighted by molar-refractivity contribution is 14.1. The first-order valence-corrected chi connectivity index (χ1v) is 5.23. The lowest BCUT2D eigenvalue weighted by Gasteiger charge is -2.02. The number of unbranched alkanes of at least 4 members (excludes halogenated alkanes) is 1. The van der Waals surface area contributed by atoms with Gasteiger partial charge in [-0.2, -0.15) is 0 Å². The fraction of sp³-hybridized carbons (Fsp3) is 0.500. The Kier molecular flexibility index (Phi) is 4.99. The van der Waals surface area contributed by atoms with Gasteiger partial charge in [-0.1, -0.05) is 0 Å². The van der Waals surface area contributed by atoms with Crippen LogP contribution in [-0.2, 0) is 0 Å². The molecule has 1 heterocycles. The average Bonchev–Trinajstić information content (AvgIpc) is 2.15. The Balaban J connectivity index is 2.25. The van der Waals surface area contributed by atoms with Gasteiger partial charge in [0.1, 0.15) is 0 Å². The topological polar surface area (TPSA) is 58.0 Å². The van der Waals surface area contributed by atoms with Crippen molar-refractivity contribution in [3.05, 3.63) is 16.0 Å². The van der Waals surface area contributed by atoms with Crippen LogP contribution >= 0.6 is 22.6 Å². The minimum Gasteiger partial charge on any atom is -0.396 e. The van der Waals surface area contributed by atoms with Crippen LogP contribution in [0.15, 0.2) is 12.4 Å². The molecule has 0 radical (unpaired) electrons. The first-order chi connectivity index (χ1) is 6.33. The zero-order chi connectivity index (χ0) is 9.52. The Hall–Kier alpha value is -0.430. The Morgan fingerprint density at radius 2 is 2.00 bits per heavy atom. The van der Waals surface area contributed by atoms with Gasteiger partial charge in [0.2, 0.25) is 5.95 Å². The molecule has 0 fully saturated rings. The Morgan fingerprint density at radius 3 is 2.62 bits per heavy atom. The molecular weight excluding hydrogens is 281 g/mol. The molecule has 0 amide bonds. The first-order valence-electron chi connectivity index (χ1n) is 4.15. The van der Waals surface area contributed by atoms with Crippen molar-refractivity contribution in [3.8, 4) is 0 Å². The Morgan fingerprint density at radius 1 is 1.31 bits per heavy atom. The van der Waals surface area contributed by atoms with Gasteiger partial charge in [-0.25, -0.2) is 9.97 Å². The number of aromatic nitrogens is 2. The maximum atomic E-state index is 8.54. The molecular formula is C8H12IN3O. The van der Waals surface area contributed by atoms with E-state index in [2.05, 4.69) is 37.9 Å². The third kappa shape index (κ3) is 4.37. The molecule has 13 heavy (non-hydrogen) atoms. The average molecular weight is 293 g/mol. The zero-order valence-electron chi connectivity index (χ0n) is 7.20. The Bertz CT molecular complexity index is 240. The molecule has 0 aliphatic heterocycles. The van der Waals surface area contributed by atoms with Gasteiger partial charge in [0, 0.05) is 29.1 Å². The van der Waals surface area contributed by atoms with E-state index in [0.29, 0.717) is 5.95 Å².